The molecule has 0 radical (unpaired) electrons. The van der Waals surface area contributed by atoms with Crippen molar-refractivity contribution in [3.63, 3.8) is 0 Å². The van der Waals surface area contributed by atoms with Gasteiger partial charge in [0.25, 0.3) is 0 Å². The van der Waals surface area contributed by atoms with Gasteiger partial charge in [0.2, 0.25) is 0 Å². The predicted octanol–water partition coefficient (Wildman–Crippen LogP) is 3.79. The first kappa shape index (κ1) is 15.3. The van der Waals surface area contributed by atoms with Gasteiger partial charge in [0.05, 0.1) is 0 Å². The summed E-state index contributed by atoms with van der Waals surface area (Å²) in [5.41, 5.74) is 7.40. The Hall–Kier alpha value is -0.0800. The molecule has 19 heavy (non-hydrogen) atoms. The van der Waals surface area contributed by atoms with E-state index >= 15 is 0 Å². The Kier molecular flexibility index (Phi) is 4.06. The summed E-state index contributed by atoms with van der Waals surface area (Å²) in [5, 5.41) is 0. The fourth-order valence-corrected chi connectivity index (χ4v) is 5.53. The van der Waals surface area contributed by atoms with Crippen LogP contribution in [0.25, 0.3) is 0 Å². The summed E-state index contributed by atoms with van der Waals surface area (Å²) in [4.78, 5) is 2.78. The molecule has 1 atom stereocenters. The first-order chi connectivity index (χ1) is 8.70. The molecular weight excluding hydrogens is 232 g/mol. The van der Waals surface area contributed by atoms with E-state index in [0.717, 1.165) is 6.54 Å². The molecule has 2 aliphatic rings. The van der Waals surface area contributed by atoms with E-state index in [9.17, 15) is 0 Å². The highest BCUT2D eigenvalue weighted by Gasteiger charge is 2.50. The molecule has 2 N–H and O–H groups in total. The summed E-state index contributed by atoms with van der Waals surface area (Å²) in [7, 11) is 0. The van der Waals surface area contributed by atoms with Crippen molar-refractivity contribution in [1.82, 2.24) is 4.90 Å². The van der Waals surface area contributed by atoms with Gasteiger partial charge in [-0.2, -0.15) is 0 Å². The molecule has 2 heteroatoms. The topological polar surface area (TPSA) is 29.3 Å². The summed E-state index contributed by atoms with van der Waals surface area (Å²) >= 11 is 0. The van der Waals surface area contributed by atoms with Gasteiger partial charge in [-0.1, -0.05) is 34.1 Å². The molecular formula is C17H34N2. The van der Waals surface area contributed by atoms with Gasteiger partial charge < -0.3 is 5.73 Å². The van der Waals surface area contributed by atoms with E-state index in [1.165, 1.54) is 45.1 Å². The Bertz CT molecular complexity index is 303. The summed E-state index contributed by atoms with van der Waals surface area (Å²) in [6.45, 7) is 14.2. The number of hydrogen-bond donors (Lipinski definition) is 1. The molecule has 0 bridgehead atoms. The van der Waals surface area contributed by atoms with E-state index < -0.39 is 0 Å². The number of piperidine rings is 1. The molecule has 1 saturated carbocycles. The van der Waals surface area contributed by atoms with Gasteiger partial charge in [0, 0.05) is 18.1 Å². The number of nitrogens with zero attached hydrogens (tertiary/aromatic N) is 1. The first-order valence-corrected chi connectivity index (χ1v) is 8.17. The van der Waals surface area contributed by atoms with Crippen LogP contribution < -0.4 is 5.73 Å². The second-order valence-corrected chi connectivity index (χ2v) is 8.83. The first-order valence-electron chi connectivity index (χ1n) is 8.17. The van der Waals surface area contributed by atoms with Crippen LogP contribution >= 0.6 is 0 Å². The van der Waals surface area contributed by atoms with E-state index in [4.69, 9.17) is 5.73 Å². The van der Waals surface area contributed by atoms with Crippen LogP contribution in [0.3, 0.4) is 0 Å². The molecule has 112 valence electrons. The monoisotopic (exact) mass is 266 g/mol. The van der Waals surface area contributed by atoms with Gasteiger partial charge >= 0.3 is 0 Å². The minimum atomic E-state index is 0.241. The second-order valence-electron chi connectivity index (χ2n) is 8.83. The van der Waals surface area contributed by atoms with Crippen molar-refractivity contribution >= 4 is 0 Å². The van der Waals surface area contributed by atoms with Crippen LogP contribution in [0, 0.1) is 10.8 Å². The average molecular weight is 266 g/mol. The fourth-order valence-electron chi connectivity index (χ4n) is 5.53. The molecule has 2 fully saturated rings. The van der Waals surface area contributed by atoms with Crippen LogP contribution in [0.4, 0.5) is 0 Å². The van der Waals surface area contributed by atoms with Gasteiger partial charge in [-0.05, 0) is 56.4 Å². The molecule has 2 rings (SSSR count). The molecule has 1 aliphatic carbocycles. The van der Waals surface area contributed by atoms with Crippen LogP contribution in [-0.4, -0.2) is 29.6 Å². The van der Waals surface area contributed by atoms with Crippen molar-refractivity contribution in [3.05, 3.63) is 0 Å². The lowest BCUT2D eigenvalue weighted by Crippen LogP contribution is -2.63. The number of likely N-dealkylation sites (tertiary alicyclic amines) is 1. The number of rotatable bonds is 2. The summed E-state index contributed by atoms with van der Waals surface area (Å²) in [6.07, 6.45) is 7.96. The van der Waals surface area contributed by atoms with Gasteiger partial charge in [-0.15, -0.1) is 0 Å². The predicted molar refractivity (Wildman–Crippen MR) is 83.2 cm³/mol. The number of nitrogens with two attached hydrogens (primary N) is 1. The summed E-state index contributed by atoms with van der Waals surface area (Å²) in [5.74, 6) is 0. The van der Waals surface area contributed by atoms with E-state index in [0.29, 0.717) is 16.9 Å². The van der Waals surface area contributed by atoms with E-state index in [2.05, 4.69) is 39.5 Å². The average Bonchev–Trinajstić information content (AvgIpc) is 2.25. The Balaban J connectivity index is 2.29. The lowest BCUT2D eigenvalue weighted by Gasteiger charge is -2.58. The minimum absolute atomic E-state index is 0.241. The molecule has 0 amide bonds. The molecule has 1 saturated heterocycles. The van der Waals surface area contributed by atoms with Gasteiger partial charge in [0.15, 0.2) is 0 Å². The highest BCUT2D eigenvalue weighted by molar-refractivity contribution is 5.06. The highest BCUT2D eigenvalue weighted by atomic mass is 15.2. The fraction of sp³-hybridized carbons (Fsp3) is 1.00. The third-order valence-corrected chi connectivity index (χ3v) is 5.36. The van der Waals surface area contributed by atoms with Crippen molar-refractivity contribution in [1.29, 1.82) is 0 Å². The van der Waals surface area contributed by atoms with E-state index in [-0.39, 0.29) is 5.54 Å². The third-order valence-electron chi connectivity index (χ3n) is 5.36. The minimum Gasteiger partial charge on any atom is -0.329 e. The number of hydrogen-bond acceptors (Lipinski definition) is 2. The lowest BCUT2D eigenvalue weighted by atomic mass is 9.57. The quantitative estimate of drug-likeness (QED) is 0.824. The highest BCUT2D eigenvalue weighted by Crippen LogP contribution is 2.52. The maximum atomic E-state index is 6.33. The van der Waals surface area contributed by atoms with E-state index in [1.807, 2.05) is 0 Å². The zero-order valence-electron chi connectivity index (χ0n) is 13.8. The molecule has 0 aromatic carbocycles. The Morgan fingerprint density at radius 3 is 2.05 bits per heavy atom. The normalized spacial score (nSPS) is 34.1. The standard InChI is InChI=1S/C17H34N2/c1-14-8-6-7-9-19(14)17(13-18)11-15(2,3)10-16(4,5)12-17/h14H,6-13,18H2,1-5H3. The smallest absolute Gasteiger partial charge is 0.0344 e. The second kappa shape index (κ2) is 5.04. The van der Waals surface area contributed by atoms with Crippen LogP contribution in [0.1, 0.15) is 73.1 Å². The maximum Gasteiger partial charge on any atom is 0.0344 e. The molecule has 1 unspecified atom stereocenters. The van der Waals surface area contributed by atoms with Crippen molar-refractivity contribution in [3.8, 4) is 0 Å². The van der Waals surface area contributed by atoms with Crippen LogP contribution in [0.15, 0.2) is 0 Å². The van der Waals surface area contributed by atoms with Crippen LogP contribution in [0.2, 0.25) is 0 Å². The summed E-state index contributed by atoms with van der Waals surface area (Å²) in [6, 6.07) is 0.710. The Labute approximate surface area is 120 Å². The van der Waals surface area contributed by atoms with Crippen molar-refractivity contribution in [2.75, 3.05) is 13.1 Å². The lowest BCUT2D eigenvalue weighted by molar-refractivity contribution is -0.0699. The van der Waals surface area contributed by atoms with Gasteiger partial charge in [-0.3, -0.25) is 4.90 Å². The van der Waals surface area contributed by atoms with Crippen LogP contribution in [0.5, 0.6) is 0 Å². The van der Waals surface area contributed by atoms with Crippen molar-refractivity contribution < 1.29 is 0 Å². The van der Waals surface area contributed by atoms with Crippen LogP contribution in [-0.2, 0) is 0 Å². The van der Waals surface area contributed by atoms with Gasteiger partial charge in [-0.25, -0.2) is 0 Å². The molecule has 1 aliphatic heterocycles. The molecule has 2 nitrogen and oxygen atoms in total. The molecule has 0 spiro atoms. The van der Waals surface area contributed by atoms with Gasteiger partial charge in [0.1, 0.15) is 0 Å². The van der Waals surface area contributed by atoms with Crippen molar-refractivity contribution in [2.24, 2.45) is 16.6 Å². The summed E-state index contributed by atoms with van der Waals surface area (Å²) < 4.78 is 0. The zero-order valence-corrected chi connectivity index (χ0v) is 13.8. The largest absolute Gasteiger partial charge is 0.329 e. The maximum absolute atomic E-state index is 6.33. The van der Waals surface area contributed by atoms with E-state index in [1.54, 1.807) is 0 Å². The molecule has 0 aromatic heterocycles. The SMILES string of the molecule is CC1CCCCN1C1(CN)CC(C)(C)CC(C)(C)C1. The van der Waals surface area contributed by atoms with Crippen molar-refractivity contribution in [2.45, 2.75) is 84.7 Å². The third kappa shape index (κ3) is 3.16. The zero-order chi connectivity index (χ0) is 14.3. The molecule has 1 heterocycles. The Morgan fingerprint density at radius 2 is 1.58 bits per heavy atom. The Morgan fingerprint density at radius 1 is 1.00 bits per heavy atom. The molecule has 0 aromatic rings.